The Hall–Kier alpha value is -2.72. The van der Waals surface area contributed by atoms with E-state index < -0.39 is 0 Å². The fraction of sp³-hybridized carbons (Fsp3) is 0.227. The van der Waals surface area contributed by atoms with E-state index in [2.05, 4.69) is 28.5 Å². The second kappa shape index (κ2) is 8.11. The molecule has 3 rings (SSSR count). The van der Waals surface area contributed by atoms with Crippen molar-refractivity contribution in [1.82, 2.24) is 10.3 Å². The van der Waals surface area contributed by atoms with Crippen LogP contribution in [0.2, 0.25) is 0 Å². The summed E-state index contributed by atoms with van der Waals surface area (Å²) < 4.78 is 14.2. The molecule has 0 atom stereocenters. The molecule has 1 aromatic heterocycles. The topological polar surface area (TPSA) is 50.9 Å². The van der Waals surface area contributed by atoms with Crippen LogP contribution in [0.25, 0.3) is 11.1 Å². The Labute approximate surface area is 154 Å². The minimum Gasteiger partial charge on any atom is -0.384 e. The van der Waals surface area contributed by atoms with Crippen molar-refractivity contribution in [2.75, 3.05) is 12.8 Å². The van der Waals surface area contributed by atoms with Crippen LogP contribution in [0.3, 0.4) is 0 Å². The van der Waals surface area contributed by atoms with E-state index in [1.807, 2.05) is 38.2 Å². The largest absolute Gasteiger partial charge is 0.384 e. The van der Waals surface area contributed by atoms with Gasteiger partial charge in [-0.2, -0.15) is 0 Å². The molecule has 3 aromatic rings. The predicted octanol–water partition coefficient (Wildman–Crippen LogP) is 4.28. The van der Waals surface area contributed by atoms with E-state index in [-0.39, 0.29) is 5.82 Å². The Bertz CT molecular complexity index is 885. The summed E-state index contributed by atoms with van der Waals surface area (Å²) in [6.07, 6.45) is 1.45. The molecule has 0 unspecified atom stereocenters. The molecule has 0 aliphatic heterocycles. The summed E-state index contributed by atoms with van der Waals surface area (Å²) >= 11 is 0. The Kier molecular flexibility index (Phi) is 5.64. The molecule has 0 amide bonds. The van der Waals surface area contributed by atoms with Crippen LogP contribution in [0.15, 0.2) is 54.6 Å². The lowest BCUT2D eigenvalue weighted by Gasteiger charge is -2.09. The molecule has 1 heterocycles. The zero-order valence-electron chi connectivity index (χ0n) is 15.2. The fourth-order valence-corrected chi connectivity index (χ4v) is 3.19. The van der Waals surface area contributed by atoms with Crippen LogP contribution < -0.4 is 11.1 Å². The van der Waals surface area contributed by atoms with Gasteiger partial charge in [-0.15, -0.1) is 0 Å². The Morgan fingerprint density at radius 3 is 2.54 bits per heavy atom. The van der Waals surface area contributed by atoms with E-state index in [0.717, 1.165) is 47.3 Å². The van der Waals surface area contributed by atoms with Gasteiger partial charge in [-0.05, 0) is 85.0 Å². The third kappa shape index (κ3) is 4.67. The van der Waals surface area contributed by atoms with Crippen molar-refractivity contribution in [1.29, 1.82) is 0 Å². The quantitative estimate of drug-likeness (QED) is 0.698. The van der Waals surface area contributed by atoms with Gasteiger partial charge in [-0.1, -0.05) is 24.3 Å². The average Bonchev–Trinajstić information content (AvgIpc) is 2.59. The van der Waals surface area contributed by atoms with Gasteiger partial charge in [-0.25, -0.2) is 9.37 Å². The highest BCUT2D eigenvalue weighted by atomic mass is 19.1. The van der Waals surface area contributed by atoms with Gasteiger partial charge in [0.2, 0.25) is 0 Å². The molecule has 0 aliphatic carbocycles. The summed E-state index contributed by atoms with van der Waals surface area (Å²) in [6, 6.07) is 17.3. The van der Waals surface area contributed by atoms with Crippen LogP contribution in [0.4, 0.5) is 10.2 Å². The number of nitrogen functional groups attached to an aromatic ring is 1. The summed E-state index contributed by atoms with van der Waals surface area (Å²) in [7, 11) is 1.92. The Balaban J connectivity index is 1.82. The van der Waals surface area contributed by atoms with E-state index in [9.17, 15) is 4.39 Å². The average molecular weight is 349 g/mol. The number of anilines is 1. The van der Waals surface area contributed by atoms with Gasteiger partial charge < -0.3 is 11.1 Å². The van der Waals surface area contributed by atoms with E-state index in [1.165, 1.54) is 5.56 Å². The minimum atomic E-state index is -0.215. The molecule has 134 valence electrons. The normalized spacial score (nSPS) is 10.9. The smallest absolute Gasteiger partial charge is 0.124 e. The third-order valence-corrected chi connectivity index (χ3v) is 4.31. The van der Waals surface area contributed by atoms with Gasteiger partial charge in [0.1, 0.15) is 11.6 Å². The standard InChI is InChI=1S/C22H24FN3/c1-15-8-21(26-22(24)9-15)7-6-16-10-19(13-20(23)12-16)18-5-3-4-17(11-18)14-25-2/h3-5,8-13,25H,6-7,14H2,1-2H3,(H2,24,26). The Morgan fingerprint density at radius 1 is 0.962 bits per heavy atom. The van der Waals surface area contributed by atoms with Crippen molar-refractivity contribution in [2.45, 2.75) is 26.3 Å². The molecule has 2 aromatic carbocycles. The summed E-state index contributed by atoms with van der Waals surface area (Å²) in [5.41, 5.74) is 11.9. The molecule has 0 saturated heterocycles. The molecule has 4 heteroatoms. The van der Waals surface area contributed by atoms with E-state index >= 15 is 0 Å². The maximum absolute atomic E-state index is 14.2. The number of nitrogens with two attached hydrogens (primary N) is 1. The summed E-state index contributed by atoms with van der Waals surface area (Å²) in [5.74, 6) is 0.314. The summed E-state index contributed by atoms with van der Waals surface area (Å²) in [6.45, 7) is 2.79. The first-order valence-electron chi connectivity index (χ1n) is 8.80. The van der Waals surface area contributed by atoms with Crippen LogP contribution in [0.5, 0.6) is 0 Å². The highest BCUT2D eigenvalue weighted by molar-refractivity contribution is 5.65. The lowest BCUT2D eigenvalue weighted by molar-refractivity contribution is 0.625. The number of rotatable bonds is 6. The molecular formula is C22H24FN3. The number of nitrogens with zero attached hydrogens (tertiary/aromatic N) is 1. The molecule has 3 N–H and O–H groups in total. The highest BCUT2D eigenvalue weighted by Crippen LogP contribution is 2.24. The molecule has 0 bridgehead atoms. The number of aromatic nitrogens is 1. The van der Waals surface area contributed by atoms with Crippen molar-refractivity contribution in [3.8, 4) is 11.1 Å². The molecule has 26 heavy (non-hydrogen) atoms. The highest BCUT2D eigenvalue weighted by Gasteiger charge is 2.06. The lowest BCUT2D eigenvalue weighted by Crippen LogP contribution is -2.04. The SMILES string of the molecule is CNCc1cccc(-c2cc(F)cc(CCc3cc(C)cc(N)n3)c2)c1. The molecular weight excluding hydrogens is 325 g/mol. The summed E-state index contributed by atoms with van der Waals surface area (Å²) in [5, 5.41) is 3.14. The third-order valence-electron chi connectivity index (χ3n) is 4.31. The molecule has 0 radical (unpaired) electrons. The van der Waals surface area contributed by atoms with Crippen LogP contribution in [-0.2, 0) is 19.4 Å². The number of nitrogens with one attached hydrogen (secondary N) is 1. The van der Waals surface area contributed by atoms with Crippen molar-refractivity contribution in [3.05, 3.63) is 82.8 Å². The maximum atomic E-state index is 14.2. The first-order valence-corrected chi connectivity index (χ1v) is 8.80. The first-order chi connectivity index (χ1) is 12.5. The second-order valence-corrected chi connectivity index (χ2v) is 6.64. The van der Waals surface area contributed by atoms with Gasteiger partial charge in [0.25, 0.3) is 0 Å². The minimum absolute atomic E-state index is 0.215. The van der Waals surface area contributed by atoms with Crippen molar-refractivity contribution < 1.29 is 4.39 Å². The number of aryl methyl sites for hydroxylation is 3. The number of hydrogen-bond donors (Lipinski definition) is 2. The van der Waals surface area contributed by atoms with Crippen LogP contribution in [-0.4, -0.2) is 12.0 Å². The Morgan fingerprint density at radius 2 is 1.77 bits per heavy atom. The van der Waals surface area contributed by atoms with E-state index in [4.69, 9.17) is 5.73 Å². The number of pyridine rings is 1. The van der Waals surface area contributed by atoms with Crippen LogP contribution in [0.1, 0.15) is 22.4 Å². The molecule has 0 spiro atoms. The first kappa shape index (κ1) is 18.1. The van der Waals surface area contributed by atoms with Crippen LogP contribution in [0, 0.1) is 12.7 Å². The van der Waals surface area contributed by atoms with Gasteiger partial charge in [-0.3, -0.25) is 0 Å². The second-order valence-electron chi connectivity index (χ2n) is 6.64. The zero-order chi connectivity index (χ0) is 18.5. The van der Waals surface area contributed by atoms with Crippen molar-refractivity contribution >= 4 is 5.82 Å². The van der Waals surface area contributed by atoms with Gasteiger partial charge >= 0.3 is 0 Å². The maximum Gasteiger partial charge on any atom is 0.124 e. The van der Waals surface area contributed by atoms with Gasteiger partial charge in [0.05, 0.1) is 0 Å². The molecule has 0 aliphatic rings. The fourth-order valence-electron chi connectivity index (χ4n) is 3.19. The monoisotopic (exact) mass is 349 g/mol. The zero-order valence-corrected chi connectivity index (χ0v) is 15.2. The molecule has 0 fully saturated rings. The number of hydrogen-bond acceptors (Lipinski definition) is 3. The van der Waals surface area contributed by atoms with E-state index in [1.54, 1.807) is 12.1 Å². The molecule has 3 nitrogen and oxygen atoms in total. The van der Waals surface area contributed by atoms with Crippen LogP contribution >= 0.6 is 0 Å². The number of benzene rings is 2. The van der Waals surface area contributed by atoms with Gasteiger partial charge in [0, 0.05) is 12.2 Å². The van der Waals surface area contributed by atoms with Crippen molar-refractivity contribution in [3.63, 3.8) is 0 Å². The molecule has 0 saturated carbocycles. The number of halogens is 1. The summed E-state index contributed by atoms with van der Waals surface area (Å²) in [4.78, 5) is 4.36. The predicted molar refractivity (Wildman–Crippen MR) is 105 cm³/mol. The van der Waals surface area contributed by atoms with Gasteiger partial charge in [0.15, 0.2) is 0 Å². The van der Waals surface area contributed by atoms with E-state index in [0.29, 0.717) is 5.82 Å². The lowest BCUT2D eigenvalue weighted by atomic mass is 9.98. The van der Waals surface area contributed by atoms with Crippen molar-refractivity contribution in [2.24, 2.45) is 0 Å².